The standard InChI is InChI=1S/C42H80O12S/c1-3-5-7-9-11-13-15-16-17-18-19-20-22-24-26-28-30-32-50-34-36(52-38(44)31-29-27-25-23-21-14-12-10-8-6-4-2)35-51-42-40(46)41(54-55(47,48)49)39(45)37(33-43)53-42/h17-18,36-37,39-43,45-46H,3-16,19-35H2,1-2H3,(H,47,48,49)/b18-17-. The number of carbonyl (C=O) groups excluding carboxylic acids is 1. The molecule has 1 heterocycles. The number of hydrogen-bond donors (Lipinski definition) is 4. The van der Waals surface area contributed by atoms with Gasteiger partial charge >= 0.3 is 16.4 Å². The number of allylic oxidation sites excluding steroid dienone is 2. The van der Waals surface area contributed by atoms with E-state index in [4.69, 9.17) is 23.5 Å². The van der Waals surface area contributed by atoms with E-state index in [1.165, 1.54) is 116 Å². The molecular weight excluding hydrogens is 729 g/mol. The predicted molar refractivity (Wildman–Crippen MR) is 216 cm³/mol. The van der Waals surface area contributed by atoms with Gasteiger partial charge in [0.2, 0.25) is 0 Å². The zero-order valence-electron chi connectivity index (χ0n) is 34.5. The van der Waals surface area contributed by atoms with Crippen molar-refractivity contribution in [2.24, 2.45) is 0 Å². The molecule has 55 heavy (non-hydrogen) atoms. The van der Waals surface area contributed by atoms with Crippen molar-refractivity contribution in [3.8, 4) is 0 Å². The van der Waals surface area contributed by atoms with Crippen LogP contribution in [0.4, 0.5) is 0 Å². The zero-order valence-corrected chi connectivity index (χ0v) is 35.3. The average molecular weight is 809 g/mol. The second-order valence-corrected chi connectivity index (χ2v) is 16.3. The van der Waals surface area contributed by atoms with Gasteiger partial charge in [0, 0.05) is 13.0 Å². The number of esters is 1. The van der Waals surface area contributed by atoms with E-state index in [-0.39, 0.29) is 19.6 Å². The molecule has 1 saturated heterocycles. The van der Waals surface area contributed by atoms with Crippen LogP contribution in [0.15, 0.2) is 12.2 Å². The van der Waals surface area contributed by atoms with Crippen molar-refractivity contribution < 1.29 is 56.2 Å². The Labute approximate surface area is 334 Å². The first-order valence-corrected chi connectivity index (χ1v) is 23.3. The number of ether oxygens (including phenoxy) is 4. The summed E-state index contributed by atoms with van der Waals surface area (Å²) in [6.07, 6.45) is 26.8. The molecule has 1 aliphatic heterocycles. The Morgan fingerprint density at radius 2 is 1.15 bits per heavy atom. The van der Waals surface area contributed by atoms with E-state index in [0.29, 0.717) is 13.0 Å². The lowest BCUT2D eigenvalue weighted by Gasteiger charge is -2.41. The van der Waals surface area contributed by atoms with E-state index in [1.54, 1.807) is 0 Å². The van der Waals surface area contributed by atoms with E-state index in [2.05, 4.69) is 30.2 Å². The molecule has 1 fully saturated rings. The molecular formula is C42H80O12S. The maximum Gasteiger partial charge on any atom is 0.397 e. The van der Waals surface area contributed by atoms with Crippen molar-refractivity contribution in [2.45, 2.75) is 224 Å². The number of unbranched alkanes of at least 4 members (excludes halogenated alkanes) is 23. The third kappa shape index (κ3) is 28.8. The Bertz CT molecular complexity index is 1030. The van der Waals surface area contributed by atoms with Gasteiger partial charge in [-0.05, 0) is 38.5 Å². The molecule has 0 aromatic rings. The Kier molecular flexibility index (Phi) is 32.9. The van der Waals surface area contributed by atoms with E-state index in [1.807, 2.05) is 0 Å². The van der Waals surface area contributed by atoms with E-state index in [0.717, 1.165) is 44.9 Å². The van der Waals surface area contributed by atoms with Gasteiger partial charge in [0.15, 0.2) is 6.29 Å². The van der Waals surface area contributed by atoms with E-state index < -0.39 is 59.8 Å². The van der Waals surface area contributed by atoms with Crippen molar-refractivity contribution in [2.75, 3.05) is 26.4 Å². The first-order valence-electron chi connectivity index (χ1n) is 21.9. The van der Waals surface area contributed by atoms with Crippen molar-refractivity contribution >= 4 is 16.4 Å². The van der Waals surface area contributed by atoms with Crippen LogP contribution in [-0.4, -0.2) is 97.5 Å². The maximum absolute atomic E-state index is 12.8. The summed E-state index contributed by atoms with van der Waals surface area (Å²) in [5.74, 6) is -0.401. The Morgan fingerprint density at radius 3 is 1.64 bits per heavy atom. The summed E-state index contributed by atoms with van der Waals surface area (Å²) in [7, 11) is -5.06. The zero-order chi connectivity index (χ0) is 40.4. The minimum Gasteiger partial charge on any atom is -0.457 e. The van der Waals surface area contributed by atoms with E-state index >= 15 is 0 Å². The van der Waals surface area contributed by atoms with Crippen molar-refractivity contribution in [3.63, 3.8) is 0 Å². The van der Waals surface area contributed by atoms with Gasteiger partial charge in [0.05, 0.1) is 19.8 Å². The predicted octanol–water partition coefficient (Wildman–Crippen LogP) is 8.69. The van der Waals surface area contributed by atoms with Gasteiger partial charge in [0.1, 0.15) is 30.5 Å². The normalized spacial score (nSPS) is 21.0. The lowest BCUT2D eigenvalue weighted by molar-refractivity contribution is -0.301. The number of aliphatic hydroxyl groups is 3. The van der Waals surface area contributed by atoms with Crippen LogP contribution in [0.3, 0.4) is 0 Å². The van der Waals surface area contributed by atoms with Crippen LogP contribution in [0.5, 0.6) is 0 Å². The maximum atomic E-state index is 12.8. The first kappa shape index (κ1) is 51.9. The molecule has 12 nitrogen and oxygen atoms in total. The van der Waals surface area contributed by atoms with Crippen molar-refractivity contribution in [1.82, 2.24) is 0 Å². The smallest absolute Gasteiger partial charge is 0.397 e. The van der Waals surface area contributed by atoms with Gasteiger partial charge in [-0.25, -0.2) is 4.18 Å². The summed E-state index contributed by atoms with van der Waals surface area (Å²) in [6.45, 7) is 3.97. The van der Waals surface area contributed by atoms with Crippen LogP contribution in [0.2, 0.25) is 0 Å². The van der Waals surface area contributed by atoms with Gasteiger partial charge in [-0.1, -0.05) is 154 Å². The van der Waals surface area contributed by atoms with E-state index in [9.17, 15) is 28.5 Å². The highest BCUT2D eigenvalue weighted by Crippen LogP contribution is 2.26. The van der Waals surface area contributed by atoms with Crippen LogP contribution in [0.1, 0.15) is 187 Å². The molecule has 0 radical (unpaired) electrons. The summed E-state index contributed by atoms with van der Waals surface area (Å²) in [5.41, 5.74) is 0. The van der Waals surface area contributed by atoms with Gasteiger partial charge < -0.3 is 34.3 Å². The Balaban J connectivity index is 2.43. The summed E-state index contributed by atoms with van der Waals surface area (Å²) in [4.78, 5) is 12.8. The van der Waals surface area contributed by atoms with Gasteiger partial charge in [0.25, 0.3) is 0 Å². The highest BCUT2D eigenvalue weighted by Gasteiger charge is 2.48. The minimum atomic E-state index is -5.06. The highest BCUT2D eigenvalue weighted by molar-refractivity contribution is 7.80. The summed E-state index contributed by atoms with van der Waals surface area (Å²) >= 11 is 0. The Morgan fingerprint density at radius 1 is 0.673 bits per heavy atom. The molecule has 0 aromatic heterocycles. The molecule has 0 aromatic carbocycles. The molecule has 1 aliphatic rings. The van der Waals surface area contributed by atoms with Gasteiger partial charge in [-0.2, -0.15) is 8.42 Å². The molecule has 326 valence electrons. The third-order valence-electron chi connectivity index (χ3n) is 10.1. The topological polar surface area (TPSA) is 178 Å². The summed E-state index contributed by atoms with van der Waals surface area (Å²) in [5, 5.41) is 30.6. The SMILES string of the molecule is CCCCCCCCC/C=C\CCCCCCCCOCC(COC1OC(CO)C(O)C(OS(=O)(=O)O)C1O)OC(=O)CCCCCCCCCCCCC. The molecule has 0 saturated carbocycles. The second-order valence-electron chi connectivity index (χ2n) is 15.3. The van der Waals surface area contributed by atoms with Crippen LogP contribution < -0.4 is 0 Å². The molecule has 6 atom stereocenters. The molecule has 13 heteroatoms. The molecule has 1 rings (SSSR count). The molecule has 4 N–H and O–H groups in total. The molecule has 0 spiro atoms. The van der Waals surface area contributed by atoms with Crippen LogP contribution >= 0.6 is 0 Å². The molecule has 0 bridgehead atoms. The fraction of sp³-hybridized carbons (Fsp3) is 0.929. The third-order valence-corrected chi connectivity index (χ3v) is 10.6. The minimum absolute atomic E-state index is 0.0367. The average Bonchev–Trinajstić information content (AvgIpc) is 3.15. The van der Waals surface area contributed by atoms with Crippen LogP contribution in [-0.2, 0) is 38.3 Å². The fourth-order valence-electron chi connectivity index (χ4n) is 6.78. The van der Waals surface area contributed by atoms with Gasteiger partial charge in [-0.15, -0.1) is 0 Å². The monoisotopic (exact) mass is 809 g/mol. The number of rotatable bonds is 38. The summed E-state index contributed by atoms with van der Waals surface area (Å²) < 4.78 is 58.9. The number of hydrogen-bond acceptors (Lipinski definition) is 11. The Hall–Kier alpha value is -1.16. The van der Waals surface area contributed by atoms with Crippen LogP contribution in [0.25, 0.3) is 0 Å². The quantitative estimate of drug-likeness (QED) is 0.0202. The van der Waals surface area contributed by atoms with Gasteiger partial charge in [-0.3, -0.25) is 9.35 Å². The summed E-state index contributed by atoms with van der Waals surface area (Å²) in [6, 6.07) is 0. The highest BCUT2D eigenvalue weighted by atomic mass is 32.3. The lowest BCUT2D eigenvalue weighted by atomic mass is 9.99. The molecule has 0 aliphatic carbocycles. The van der Waals surface area contributed by atoms with Crippen molar-refractivity contribution in [1.29, 1.82) is 0 Å². The van der Waals surface area contributed by atoms with Crippen LogP contribution in [0, 0.1) is 0 Å². The lowest BCUT2D eigenvalue weighted by Crippen LogP contribution is -2.60. The molecule has 6 unspecified atom stereocenters. The number of aliphatic hydroxyl groups excluding tert-OH is 3. The fourth-order valence-corrected chi connectivity index (χ4v) is 7.29. The first-order chi connectivity index (χ1) is 26.6. The second kappa shape index (κ2) is 34.8. The number of carbonyl (C=O) groups is 1. The van der Waals surface area contributed by atoms with Crippen molar-refractivity contribution in [3.05, 3.63) is 12.2 Å². The largest absolute Gasteiger partial charge is 0.457 e. The molecule has 0 amide bonds.